The topological polar surface area (TPSA) is 84.9 Å². The maximum absolute atomic E-state index is 12.4. The molecule has 0 radical (unpaired) electrons. The molecule has 2 aliphatic rings. The van der Waals surface area contributed by atoms with Gasteiger partial charge in [-0.1, -0.05) is 19.9 Å². The molecule has 0 aromatic heterocycles. The van der Waals surface area contributed by atoms with E-state index in [4.69, 9.17) is 9.47 Å². The van der Waals surface area contributed by atoms with Crippen LogP contribution in [-0.2, 0) is 27.2 Å². The number of benzene rings is 1. The van der Waals surface area contributed by atoms with E-state index in [9.17, 15) is 14.7 Å². The summed E-state index contributed by atoms with van der Waals surface area (Å²) in [6.45, 7) is 5.81. The van der Waals surface area contributed by atoms with Crippen LogP contribution < -0.4 is 10.1 Å². The molecule has 2 unspecified atom stereocenters. The molecule has 1 fully saturated rings. The third-order valence-corrected chi connectivity index (χ3v) is 6.17. The first-order chi connectivity index (χ1) is 12.8. The fraction of sp³-hybridized carbons (Fsp3) is 0.619. The second-order valence-corrected chi connectivity index (χ2v) is 8.05. The molecule has 3 rings (SSSR count). The van der Waals surface area contributed by atoms with E-state index in [1.807, 2.05) is 32.9 Å². The van der Waals surface area contributed by atoms with E-state index in [1.54, 1.807) is 0 Å². The SMILES string of the molecule is CCOC1CC(NC(=O)COc2ccc3c(c2)CCCC3)(C(=O)O)C1(C)C. The van der Waals surface area contributed by atoms with Gasteiger partial charge in [-0.25, -0.2) is 4.79 Å². The minimum Gasteiger partial charge on any atom is -0.484 e. The van der Waals surface area contributed by atoms with E-state index in [1.165, 1.54) is 24.0 Å². The molecule has 0 bridgehead atoms. The summed E-state index contributed by atoms with van der Waals surface area (Å²) in [5.41, 5.74) is 0.598. The van der Waals surface area contributed by atoms with E-state index in [0.29, 0.717) is 12.4 Å². The molecule has 1 aromatic rings. The van der Waals surface area contributed by atoms with Gasteiger partial charge in [-0.05, 0) is 55.9 Å². The van der Waals surface area contributed by atoms with Gasteiger partial charge in [-0.15, -0.1) is 0 Å². The number of ether oxygens (including phenoxy) is 2. The largest absolute Gasteiger partial charge is 0.484 e. The third-order valence-electron chi connectivity index (χ3n) is 6.17. The van der Waals surface area contributed by atoms with Gasteiger partial charge < -0.3 is 19.9 Å². The lowest BCUT2D eigenvalue weighted by atomic mass is 9.54. The fourth-order valence-electron chi connectivity index (χ4n) is 4.26. The van der Waals surface area contributed by atoms with Gasteiger partial charge in [-0.2, -0.15) is 0 Å². The quantitative estimate of drug-likeness (QED) is 0.765. The fourth-order valence-corrected chi connectivity index (χ4v) is 4.26. The summed E-state index contributed by atoms with van der Waals surface area (Å²) in [7, 11) is 0. The highest BCUT2D eigenvalue weighted by atomic mass is 16.5. The summed E-state index contributed by atoms with van der Waals surface area (Å²) < 4.78 is 11.3. The summed E-state index contributed by atoms with van der Waals surface area (Å²) in [5, 5.41) is 12.5. The molecule has 0 saturated heterocycles. The summed E-state index contributed by atoms with van der Waals surface area (Å²) in [5.74, 6) is -0.820. The standard InChI is InChI=1S/C21H29NO5/c1-4-26-17-12-21(19(24)25,20(17,2)3)22-18(23)13-27-16-10-9-14-7-5-6-8-15(14)11-16/h9-11,17H,4-8,12-13H2,1-3H3,(H,22,23)(H,24,25). The molecule has 2 N–H and O–H groups in total. The Kier molecular flexibility index (Phi) is 5.47. The molecule has 2 aliphatic carbocycles. The normalized spacial score (nSPS) is 25.8. The Bertz CT molecular complexity index is 729. The maximum atomic E-state index is 12.4. The number of carboxylic acid groups (broad SMARTS) is 1. The van der Waals surface area contributed by atoms with Crippen molar-refractivity contribution in [3.63, 3.8) is 0 Å². The van der Waals surface area contributed by atoms with Crippen LogP contribution in [0.4, 0.5) is 0 Å². The number of fused-ring (bicyclic) bond motifs is 1. The molecule has 1 aromatic carbocycles. The molecule has 0 heterocycles. The smallest absolute Gasteiger partial charge is 0.330 e. The summed E-state index contributed by atoms with van der Waals surface area (Å²) >= 11 is 0. The van der Waals surface area contributed by atoms with Gasteiger partial charge in [0, 0.05) is 18.4 Å². The Morgan fingerprint density at radius 2 is 1.93 bits per heavy atom. The molecule has 148 valence electrons. The highest BCUT2D eigenvalue weighted by Crippen LogP contribution is 2.51. The Morgan fingerprint density at radius 1 is 1.22 bits per heavy atom. The van der Waals surface area contributed by atoms with Gasteiger partial charge in [0.25, 0.3) is 5.91 Å². The van der Waals surface area contributed by atoms with Crippen molar-refractivity contribution in [2.75, 3.05) is 13.2 Å². The zero-order chi connectivity index (χ0) is 19.7. The van der Waals surface area contributed by atoms with Crippen molar-refractivity contribution < 1.29 is 24.2 Å². The second-order valence-electron chi connectivity index (χ2n) is 8.05. The zero-order valence-electron chi connectivity index (χ0n) is 16.3. The molecule has 6 heteroatoms. The van der Waals surface area contributed by atoms with Gasteiger partial charge >= 0.3 is 5.97 Å². The first-order valence-electron chi connectivity index (χ1n) is 9.71. The van der Waals surface area contributed by atoms with Gasteiger partial charge in [0.2, 0.25) is 0 Å². The Hall–Kier alpha value is -2.08. The Morgan fingerprint density at radius 3 is 2.56 bits per heavy atom. The number of carbonyl (C=O) groups excluding carboxylic acids is 1. The third kappa shape index (κ3) is 3.55. The van der Waals surface area contributed by atoms with E-state index in [0.717, 1.165) is 12.8 Å². The van der Waals surface area contributed by atoms with Crippen LogP contribution in [0.15, 0.2) is 18.2 Å². The van der Waals surface area contributed by atoms with E-state index in [-0.39, 0.29) is 19.1 Å². The number of hydrogen-bond donors (Lipinski definition) is 2. The number of nitrogens with one attached hydrogen (secondary N) is 1. The average Bonchev–Trinajstić information content (AvgIpc) is 2.64. The molecule has 0 aliphatic heterocycles. The number of hydrogen-bond acceptors (Lipinski definition) is 4. The Balaban J connectivity index is 1.62. The molecular formula is C21H29NO5. The molecule has 6 nitrogen and oxygen atoms in total. The molecule has 27 heavy (non-hydrogen) atoms. The first-order valence-corrected chi connectivity index (χ1v) is 9.71. The predicted octanol–water partition coefficient (Wildman–Crippen LogP) is 2.72. The number of amides is 1. The highest BCUT2D eigenvalue weighted by molar-refractivity contribution is 5.90. The van der Waals surface area contributed by atoms with Gasteiger partial charge in [0.15, 0.2) is 6.61 Å². The zero-order valence-corrected chi connectivity index (χ0v) is 16.3. The van der Waals surface area contributed by atoms with E-state index in [2.05, 4.69) is 11.4 Å². The number of aliphatic carboxylic acids is 1. The highest BCUT2D eigenvalue weighted by Gasteiger charge is 2.66. The molecule has 2 atom stereocenters. The van der Waals surface area contributed by atoms with Gasteiger partial charge in [0.1, 0.15) is 11.3 Å². The molecule has 1 amide bonds. The van der Waals surface area contributed by atoms with Crippen molar-refractivity contribution in [2.45, 2.75) is 64.5 Å². The number of rotatable bonds is 7. The average molecular weight is 375 g/mol. The van der Waals surface area contributed by atoms with Gasteiger partial charge in [-0.3, -0.25) is 4.79 Å². The minimum absolute atomic E-state index is 0.194. The van der Waals surface area contributed by atoms with Crippen LogP contribution in [-0.4, -0.2) is 41.8 Å². The Labute approximate surface area is 160 Å². The lowest BCUT2D eigenvalue weighted by Gasteiger charge is -2.58. The summed E-state index contributed by atoms with van der Waals surface area (Å²) in [6.07, 6.45) is 4.58. The lowest BCUT2D eigenvalue weighted by Crippen LogP contribution is -2.76. The number of carbonyl (C=O) groups is 2. The second kappa shape index (κ2) is 7.50. The van der Waals surface area contributed by atoms with Crippen molar-refractivity contribution in [3.05, 3.63) is 29.3 Å². The number of carboxylic acids is 1. The van der Waals surface area contributed by atoms with Crippen LogP contribution in [0.5, 0.6) is 5.75 Å². The van der Waals surface area contributed by atoms with E-state index < -0.39 is 22.8 Å². The van der Waals surface area contributed by atoms with Crippen LogP contribution in [0.1, 0.15) is 51.2 Å². The van der Waals surface area contributed by atoms with Crippen molar-refractivity contribution in [3.8, 4) is 5.75 Å². The van der Waals surface area contributed by atoms with Crippen LogP contribution in [0.2, 0.25) is 0 Å². The van der Waals surface area contributed by atoms with Crippen LogP contribution >= 0.6 is 0 Å². The number of aryl methyl sites for hydroxylation is 2. The summed E-state index contributed by atoms with van der Waals surface area (Å²) in [6, 6.07) is 5.93. The molecule has 1 saturated carbocycles. The summed E-state index contributed by atoms with van der Waals surface area (Å²) in [4.78, 5) is 24.4. The van der Waals surface area contributed by atoms with Gasteiger partial charge in [0.05, 0.1) is 6.10 Å². The monoisotopic (exact) mass is 375 g/mol. The molecular weight excluding hydrogens is 346 g/mol. The lowest BCUT2D eigenvalue weighted by molar-refractivity contribution is -0.194. The van der Waals surface area contributed by atoms with E-state index >= 15 is 0 Å². The van der Waals surface area contributed by atoms with Crippen LogP contribution in [0.25, 0.3) is 0 Å². The van der Waals surface area contributed by atoms with Crippen LogP contribution in [0, 0.1) is 5.41 Å². The molecule has 0 spiro atoms. The van der Waals surface area contributed by atoms with Crippen molar-refractivity contribution in [1.29, 1.82) is 0 Å². The first kappa shape index (κ1) is 19.7. The van der Waals surface area contributed by atoms with Crippen molar-refractivity contribution in [2.24, 2.45) is 5.41 Å². The minimum atomic E-state index is -1.33. The van der Waals surface area contributed by atoms with Crippen LogP contribution in [0.3, 0.4) is 0 Å². The predicted molar refractivity (Wildman–Crippen MR) is 101 cm³/mol. The maximum Gasteiger partial charge on any atom is 0.330 e. The van der Waals surface area contributed by atoms with Crippen molar-refractivity contribution in [1.82, 2.24) is 5.32 Å². The van der Waals surface area contributed by atoms with Crippen molar-refractivity contribution >= 4 is 11.9 Å².